The number of amides is 1. The Labute approximate surface area is 154 Å². The van der Waals surface area contributed by atoms with Crippen molar-refractivity contribution in [1.82, 2.24) is 0 Å². The van der Waals surface area contributed by atoms with E-state index in [1.165, 1.54) is 12.1 Å². The number of nitrogens with zero attached hydrogens (tertiary/aromatic N) is 1. The molecular formula is C20H16N2O5. The number of nitrogens with one attached hydrogen (secondary N) is 1. The topological polar surface area (TPSA) is 98.5 Å². The van der Waals surface area contributed by atoms with Gasteiger partial charge in [0, 0.05) is 17.3 Å². The van der Waals surface area contributed by atoms with Crippen LogP contribution >= 0.6 is 0 Å². The number of fused-ring (bicyclic) bond motifs is 1. The second-order valence-corrected chi connectivity index (χ2v) is 5.94. The SMILES string of the molecule is Cc1ccc(C(=O)OCC(=O)Nc2ccc3ccccc3c2)cc1[N+](=O)[O-]. The third kappa shape index (κ3) is 4.27. The highest BCUT2D eigenvalue weighted by molar-refractivity contribution is 5.97. The first-order valence-electron chi connectivity index (χ1n) is 8.15. The van der Waals surface area contributed by atoms with Gasteiger partial charge in [-0.1, -0.05) is 36.4 Å². The first kappa shape index (κ1) is 18.1. The number of carbonyl (C=O) groups excluding carboxylic acids is 2. The summed E-state index contributed by atoms with van der Waals surface area (Å²) in [5.41, 5.74) is 0.863. The van der Waals surface area contributed by atoms with Crippen molar-refractivity contribution in [3.8, 4) is 0 Å². The summed E-state index contributed by atoms with van der Waals surface area (Å²) >= 11 is 0. The van der Waals surface area contributed by atoms with Gasteiger partial charge in [-0.2, -0.15) is 0 Å². The Hall–Kier alpha value is -3.74. The molecule has 0 heterocycles. The van der Waals surface area contributed by atoms with E-state index in [1.54, 1.807) is 13.0 Å². The van der Waals surface area contributed by atoms with E-state index in [0.717, 1.165) is 16.8 Å². The van der Waals surface area contributed by atoms with E-state index in [-0.39, 0.29) is 11.3 Å². The minimum Gasteiger partial charge on any atom is -0.452 e. The lowest BCUT2D eigenvalue weighted by atomic mass is 10.1. The smallest absolute Gasteiger partial charge is 0.338 e. The number of carbonyl (C=O) groups is 2. The van der Waals surface area contributed by atoms with Gasteiger partial charge < -0.3 is 10.1 Å². The lowest BCUT2D eigenvalue weighted by Crippen LogP contribution is -2.21. The highest BCUT2D eigenvalue weighted by Gasteiger charge is 2.17. The summed E-state index contributed by atoms with van der Waals surface area (Å²) in [4.78, 5) is 34.4. The Morgan fingerprint density at radius 1 is 1.04 bits per heavy atom. The van der Waals surface area contributed by atoms with Crippen molar-refractivity contribution in [3.05, 3.63) is 81.9 Å². The minimum absolute atomic E-state index is 0.0193. The third-order valence-corrected chi connectivity index (χ3v) is 4.01. The fourth-order valence-corrected chi connectivity index (χ4v) is 2.61. The molecule has 7 nitrogen and oxygen atoms in total. The van der Waals surface area contributed by atoms with Crippen LogP contribution in [0.1, 0.15) is 15.9 Å². The maximum absolute atomic E-state index is 12.0. The largest absolute Gasteiger partial charge is 0.452 e. The average molecular weight is 364 g/mol. The Morgan fingerprint density at radius 2 is 1.78 bits per heavy atom. The van der Waals surface area contributed by atoms with E-state index < -0.39 is 23.4 Å². The van der Waals surface area contributed by atoms with Gasteiger partial charge in [0.05, 0.1) is 10.5 Å². The van der Waals surface area contributed by atoms with Crippen LogP contribution < -0.4 is 5.32 Å². The number of hydrogen-bond donors (Lipinski definition) is 1. The van der Waals surface area contributed by atoms with Crippen LogP contribution in [0.25, 0.3) is 10.8 Å². The molecule has 0 saturated carbocycles. The van der Waals surface area contributed by atoms with Crippen LogP contribution in [0.15, 0.2) is 60.7 Å². The van der Waals surface area contributed by atoms with Gasteiger partial charge in [0.1, 0.15) is 0 Å². The van der Waals surface area contributed by atoms with Crippen molar-refractivity contribution in [1.29, 1.82) is 0 Å². The second-order valence-electron chi connectivity index (χ2n) is 5.94. The van der Waals surface area contributed by atoms with Crippen molar-refractivity contribution in [2.24, 2.45) is 0 Å². The molecule has 0 fully saturated rings. The van der Waals surface area contributed by atoms with E-state index in [4.69, 9.17) is 4.74 Å². The van der Waals surface area contributed by atoms with Crippen LogP contribution in [0.2, 0.25) is 0 Å². The summed E-state index contributed by atoms with van der Waals surface area (Å²) in [5.74, 6) is -1.30. The first-order valence-corrected chi connectivity index (χ1v) is 8.15. The zero-order valence-corrected chi connectivity index (χ0v) is 14.5. The number of ether oxygens (including phenoxy) is 1. The number of rotatable bonds is 5. The van der Waals surface area contributed by atoms with Crippen molar-refractivity contribution < 1.29 is 19.2 Å². The summed E-state index contributed by atoms with van der Waals surface area (Å²) in [6, 6.07) is 17.2. The zero-order valence-electron chi connectivity index (χ0n) is 14.5. The fraction of sp³-hybridized carbons (Fsp3) is 0.100. The molecule has 0 aliphatic carbocycles. The molecular weight excluding hydrogens is 348 g/mol. The molecule has 0 unspecified atom stereocenters. The van der Waals surface area contributed by atoms with E-state index in [2.05, 4.69) is 5.32 Å². The number of aryl methyl sites for hydroxylation is 1. The van der Waals surface area contributed by atoms with Gasteiger partial charge >= 0.3 is 5.97 Å². The van der Waals surface area contributed by atoms with Crippen molar-refractivity contribution in [2.45, 2.75) is 6.92 Å². The number of anilines is 1. The van der Waals surface area contributed by atoms with Crippen LogP contribution in [0, 0.1) is 17.0 Å². The Kier molecular flexibility index (Phi) is 5.12. The van der Waals surface area contributed by atoms with Crippen LogP contribution in [0.3, 0.4) is 0 Å². The summed E-state index contributed by atoms with van der Waals surface area (Å²) in [7, 11) is 0. The first-order chi connectivity index (χ1) is 12.9. The van der Waals surface area contributed by atoms with Crippen molar-refractivity contribution in [3.63, 3.8) is 0 Å². The van der Waals surface area contributed by atoms with Crippen LogP contribution in [-0.2, 0) is 9.53 Å². The molecule has 3 aromatic carbocycles. The van der Waals surface area contributed by atoms with E-state index in [0.29, 0.717) is 11.3 Å². The molecule has 0 atom stereocenters. The van der Waals surface area contributed by atoms with E-state index in [9.17, 15) is 19.7 Å². The molecule has 0 aliphatic heterocycles. The summed E-state index contributed by atoms with van der Waals surface area (Å²) in [6.07, 6.45) is 0. The molecule has 1 amide bonds. The van der Waals surface area contributed by atoms with Crippen molar-refractivity contribution >= 4 is 34.0 Å². The van der Waals surface area contributed by atoms with Gasteiger partial charge in [0.25, 0.3) is 11.6 Å². The highest BCUT2D eigenvalue weighted by Crippen LogP contribution is 2.20. The Bertz CT molecular complexity index is 1050. The number of esters is 1. The van der Waals surface area contributed by atoms with Gasteiger partial charge in [-0.05, 0) is 35.9 Å². The molecule has 7 heteroatoms. The number of nitro benzene ring substituents is 1. The van der Waals surface area contributed by atoms with Gasteiger partial charge in [-0.25, -0.2) is 4.79 Å². The standard InChI is InChI=1S/C20H16N2O5/c1-13-6-7-16(11-18(13)22(25)26)20(24)27-12-19(23)21-17-9-8-14-4-2-3-5-15(14)10-17/h2-11H,12H2,1H3,(H,21,23). The van der Waals surface area contributed by atoms with Gasteiger partial charge in [0.2, 0.25) is 0 Å². The molecule has 27 heavy (non-hydrogen) atoms. The summed E-state index contributed by atoms with van der Waals surface area (Å²) in [5, 5.41) is 15.6. The Balaban J connectivity index is 1.62. The molecule has 0 spiro atoms. The molecule has 0 bridgehead atoms. The van der Waals surface area contributed by atoms with Gasteiger partial charge in [0.15, 0.2) is 6.61 Å². The Morgan fingerprint density at radius 3 is 2.52 bits per heavy atom. The fourth-order valence-electron chi connectivity index (χ4n) is 2.61. The predicted octanol–water partition coefficient (Wildman–Crippen LogP) is 3.85. The quantitative estimate of drug-likeness (QED) is 0.421. The number of hydrogen-bond acceptors (Lipinski definition) is 5. The molecule has 0 aromatic heterocycles. The van der Waals surface area contributed by atoms with Crippen LogP contribution in [-0.4, -0.2) is 23.4 Å². The van der Waals surface area contributed by atoms with Gasteiger partial charge in [-0.3, -0.25) is 14.9 Å². The van der Waals surface area contributed by atoms with E-state index >= 15 is 0 Å². The van der Waals surface area contributed by atoms with Crippen LogP contribution in [0.5, 0.6) is 0 Å². The molecule has 3 rings (SSSR count). The summed E-state index contributed by atoms with van der Waals surface area (Å²) in [6.45, 7) is 1.08. The maximum atomic E-state index is 12.0. The maximum Gasteiger partial charge on any atom is 0.338 e. The predicted molar refractivity (Wildman–Crippen MR) is 101 cm³/mol. The average Bonchev–Trinajstić information content (AvgIpc) is 2.66. The van der Waals surface area contributed by atoms with Gasteiger partial charge in [-0.15, -0.1) is 0 Å². The van der Waals surface area contributed by atoms with E-state index in [1.807, 2.05) is 36.4 Å². The molecule has 0 radical (unpaired) electrons. The van der Waals surface area contributed by atoms with Crippen molar-refractivity contribution in [2.75, 3.05) is 11.9 Å². The number of nitro groups is 1. The molecule has 1 N–H and O–H groups in total. The highest BCUT2D eigenvalue weighted by atomic mass is 16.6. The zero-order chi connectivity index (χ0) is 19.4. The molecule has 0 saturated heterocycles. The molecule has 0 aliphatic rings. The second kappa shape index (κ2) is 7.65. The normalized spacial score (nSPS) is 10.4. The third-order valence-electron chi connectivity index (χ3n) is 4.01. The lowest BCUT2D eigenvalue weighted by Gasteiger charge is -2.08. The molecule has 3 aromatic rings. The lowest BCUT2D eigenvalue weighted by molar-refractivity contribution is -0.385. The van der Waals surface area contributed by atoms with Crippen LogP contribution in [0.4, 0.5) is 11.4 Å². The number of benzene rings is 3. The molecule has 136 valence electrons. The monoisotopic (exact) mass is 364 g/mol. The summed E-state index contributed by atoms with van der Waals surface area (Å²) < 4.78 is 4.95. The minimum atomic E-state index is -0.799.